The third kappa shape index (κ3) is 2.81. The number of benzene rings is 1. The Labute approximate surface area is 119 Å². The summed E-state index contributed by atoms with van der Waals surface area (Å²) < 4.78 is 44.8. The molecule has 2 rings (SSSR count). The summed E-state index contributed by atoms with van der Waals surface area (Å²) in [7, 11) is -1.81. The zero-order valence-electron chi connectivity index (χ0n) is 12.2. The molecule has 1 unspecified atom stereocenters. The number of halogens is 1. The quantitative estimate of drug-likeness (QED) is 0.862. The van der Waals surface area contributed by atoms with Gasteiger partial charge in [0.1, 0.15) is 17.2 Å². The molecule has 1 heterocycles. The van der Waals surface area contributed by atoms with Crippen molar-refractivity contribution in [1.29, 1.82) is 0 Å². The third-order valence-corrected chi connectivity index (χ3v) is 5.51. The van der Waals surface area contributed by atoms with Crippen LogP contribution in [0.15, 0.2) is 18.2 Å². The maximum absolute atomic E-state index is 13.5. The lowest BCUT2D eigenvalue weighted by Crippen LogP contribution is -2.42. The molecule has 0 aromatic heterocycles. The molecule has 0 N–H and O–H groups in total. The van der Waals surface area contributed by atoms with E-state index in [1.54, 1.807) is 20.0 Å². The van der Waals surface area contributed by atoms with Crippen molar-refractivity contribution < 1.29 is 17.5 Å². The average molecular weight is 301 g/mol. The maximum atomic E-state index is 13.5. The Kier molecular flexibility index (Phi) is 3.81. The van der Waals surface area contributed by atoms with E-state index in [-0.39, 0.29) is 11.6 Å². The van der Waals surface area contributed by atoms with Gasteiger partial charge >= 0.3 is 0 Å². The zero-order chi connectivity index (χ0) is 15.1. The van der Waals surface area contributed by atoms with Crippen LogP contribution in [0.5, 0.6) is 5.75 Å². The molecule has 1 atom stereocenters. The molecule has 1 aliphatic rings. The van der Waals surface area contributed by atoms with Gasteiger partial charge in [-0.25, -0.2) is 12.8 Å². The Bertz CT molecular complexity index is 613. The molecule has 4 nitrogen and oxygen atoms in total. The molecule has 1 aromatic rings. The number of hydrogen-bond acceptors (Lipinski definition) is 3. The molecule has 1 aromatic carbocycles. The van der Waals surface area contributed by atoms with Gasteiger partial charge in [-0.1, -0.05) is 0 Å². The second kappa shape index (κ2) is 5.00. The van der Waals surface area contributed by atoms with Crippen LogP contribution < -0.4 is 4.74 Å². The van der Waals surface area contributed by atoms with Crippen molar-refractivity contribution >= 4 is 10.0 Å². The molecular weight excluding hydrogens is 281 g/mol. The smallest absolute Gasteiger partial charge is 0.214 e. The monoisotopic (exact) mass is 301 g/mol. The van der Waals surface area contributed by atoms with Gasteiger partial charge in [-0.15, -0.1) is 0 Å². The van der Waals surface area contributed by atoms with E-state index < -0.39 is 21.7 Å². The average Bonchev–Trinajstić information content (AvgIpc) is 2.37. The van der Waals surface area contributed by atoms with Crippen LogP contribution in [0.1, 0.15) is 38.8 Å². The summed E-state index contributed by atoms with van der Waals surface area (Å²) in [5.41, 5.74) is 0.0939. The van der Waals surface area contributed by atoms with E-state index in [1.807, 2.05) is 13.8 Å². The molecule has 0 bridgehead atoms. The van der Waals surface area contributed by atoms with Crippen molar-refractivity contribution in [3.05, 3.63) is 29.6 Å². The number of hydrogen-bond donors (Lipinski definition) is 0. The van der Waals surface area contributed by atoms with E-state index in [9.17, 15) is 12.8 Å². The summed E-state index contributed by atoms with van der Waals surface area (Å²) >= 11 is 0. The summed E-state index contributed by atoms with van der Waals surface area (Å²) in [6.45, 7) is 5.40. The molecule has 112 valence electrons. The molecule has 0 amide bonds. The minimum atomic E-state index is -3.35. The first-order valence-corrected chi connectivity index (χ1v) is 8.21. The summed E-state index contributed by atoms with van der Waals surface area (Å²) in [4.78, 5) is 0. The van der Waals surface area contributed by atoms with Crippen molar-refractivity contribution in [3.63, 3.8) is 0 Å². The van der Waals surface area contributed by atoms with Crippen LogP contribution in [-0.4, -0.2) is 31.1 Å². The fourth-order valence-electron chi connectivity index (χ4n) is 2.51. The van der Waals surface area contributed by atoms with Crippen molar-refractivity contribution in [1.82, 2.24) is 4.31 Å². The van der Waals surface area contributed by atoms with Gasteiger partial charge in [0.05, 0.1) is 11.8 Å². The highest BCUT2D eigenvalue weighted by atomic mass is 32.2. The highest BCUT2D eigenvalue weighted by Gasteiger charge is 2.39. The first-order valence-electron chi connectivity index (χ1n) is 6.60. The van der Waals surface area contributed by atoms with Gasteiger partial charge in [-0.2, -0.15) is 4.31 Å². The number of rotatable bonds is 3. The van der Waals surface area contributed by atoms with E-state index in [2.05, 4.69) is 0 Å². The minimum absolute atomic E-state index is 0.0198. The van der Waals surface area contributed by atoms with Crippen molar-refractivity contribution in [3.8, 4) is 5.75 Å². The standard InChI is InChI=1S/C14H20FNO3S/c1-5-20(17,18)16(4)12-9-14(2,3)19-13-7-6-10(15)8-11(12)13/h6-8,12H,5,9H2,1-4H3. The first-order chi connectivity index (χ1) is 9.16. The molecule has 6 heteroatoms. The second-order valence-electron chi connectivity index (χ2n) is 5.68. The van der Waals surface area contributed by atoms with E-state index >= 15 is 0 Å². The lowest BCUT2D eigenvalue weighted by molar-refractivity contribution is 0.0539. The highest BCUT2D eigenvalue weighted by molar-refractivity contribution is 7.89. The van der Waals surface area contributed by atoms with Crippen LogP contribution in [0.3, 0.4) is 0 Å². The molecule has 0 saturated heterocycles. The van der Waals surface area contributed by atoms with Crippen molar-refractivity contribution in [2.24, 2.45) is 0 Å². The second-order valence-corrected chi connectivity index (χ2v) is 8.00. The number of ether oxygens (including phenoxy) is 1. The molecule has 0 saturated carbocycles. The van der Waals surface area contributed by atoms with Crippen LogP contribution in [0.2, 0.25) is 0 Å². The van der Waals surface area contributed by atoms with E-state index in [1.165, 1.54) is 16.4 Å². The van der Waals surface area contributed by atoms with Gasteiger partial charge in [0.15, 0.2) is 0 Å². The summed E-state index contributed by atoms with van der Waals surface area (Å²) in [5, 5.41) is 0. The van der Waals surface area contributed by atoms with Gasteiger partial charge in [0.25, 0.3) is 0 Å². The highest BCUT2D eigenvalue weighted by Crippen LogP contribution is 2.43. The van der Waals surface area contributed by atoms with Crippen LogP contribution in [0.4, 0.5) is 4.39 Å². The molecule has 0 spiro atoms. The van der Waals surface area contributed by atoms with Crippen LogP contribution >= 0.6 is 0 Å². The predicted octanol–water partition coefficient (Wildman–Crippen LogP) is 2.71. The van der Waals surface area contributed by atoms with Gasteiger partial charge in [-0.05, 0) is 39.0 Å². The van der Waals surface area contributed by atoms with Crippen molar-refractivity contribution in [2.75, 3.05) is 12.8 Å². The SMILES string of the molecule is CCS(=O)(=O)N(C)C1CC(C)(C)Oc2ccc(F)cc21. The van der Waals surface area contributed by atoms with Gasteiger partial charge in [0.2, 0.25) is 10.0 Å². The molecule has 1 aliphatic heterocycles. The van der Waals surface area contributed by atoms with Crippen LogP contribution in [0.25, 0.3) is 0 Å². The fraction of sp³-hybridized carbons (Fsp3) is 0.571. The van der Waals surface area contributed by atoms with Gasteiger partial charge in [0, 0.05) is 19.0 Å². The van der Waals surface area contributed by atoms with Gasteiger partial charge < -0.3 is 4.74 Å². The summed E-state index contributed by atoms with van der Waals surface area (Å²) in [6.07, 6.45) is 0.485. The Morgan fingerprint density at radius 3 is 2.70 bits per heavy atom. The lowest BCUT2D eigenvalue weighted by atomic mass is 9.90. The summed E-state index contributed by atoms with van der Waals surface area (Å²) in [5.74, 6) is 0.177. The number of fused-ring (bicyclic) bond motifs is 1. The topological polar surface area (TPSA) is 46.6 Å². The first kappa shape index (κ1) is 15.3. The van der Waals surface area contributed by atoms with Crippen LogP contribution in [-0.2, 0) is 10.0 Å². The zero-order valence-corrected chi connectivity index (χ0v) is 13.0. The third-order valence-electron chi connectivity index (χ3n) is 3.64. The molecule has 0 radical (unpaired) electrons. The van der Waals surface area contributed by atoms with E-state index in [0.29, 0.717) is 17.7 Å². The fourth-order valence-corrected chi connectivity index (χ4v) is 3.49. The molecule has 0 aliphatic carbocycles. The van der Waals surface area contributed by atoms with Gasteiger partial charge in [-0.3, -0.25) is 0 Å². The lowest BCUT2D eigenvalue weighted by Gasteiger charge is -2.40. The van der Waals surface area contributed by atoms with Crippen LogP contribution in [0, 0.1) is 5.82 Å². The normalized spacial score (nSPS) is 21.4. The summed E-state index contributed by atoms with van der Waals surface area (Å²) in [6, 6.07) is 3.84. The molecule has 0 fully saturated rings. The predicted molar refractivity (Wildman–Crippen MR) is 75.7 cm³/mol. The Balaban J connectivity index is 2.51. The molecule has 20 heavy (non-hydrogen) atoms. The Hall–Kier alpha value is -1.14. The number of nitrogens with zero attached hydrogens (tertiary/aromatic N) is 1. The molecular formula is C14H20FNO3S. The largest absolute Gasteiger partial charge is 0.487 e. The minimum Gasteiger partial charge on any atom is -0.487 e. The van der Waals surface area contributed by atoms with E-state index in [0.717, 1.165) is 0 Å². The Morgan fingerprint density at radius 1 is 1.45 bits per heavy atom. The maximum Gasteiger partial charge on any atom is 0.214 e. The van der Waals surface area contributed by atoms with E-state index in [4.69, 9.17) is 4.74 Å². The van der Waals surface area contributed by atoms with Crippen molar-refractivity contribution in [2.45, 2.75) is 38.8 Å². The Morgan fingerprint density at radius 2 is 2.10 bits per heavy atom. The number of sulfonamides is 1.